The SMILES string of the molecule is CC(C)(C)c1ccc(N2c3cccc4c3B(c3ccccc3N4c3ccccc3)c3sc4cc5c(cc4c32)C2(c3ccccc3-c3ccccc32)c2ccccc2-5)cc1. The van der Waals surface area contributed by atoms with Gasteiger partial charge in [0.2, 0.25) is 0 Å². The van der Waals surface area contributed by atoms with Gasteiger partial charge in [-0.2, -0.15) is 0 Å². The number of benzene rings is 8. The molecule has 0 unspecified atom stereocenters. The molecule has 13 rings (SSSR count). The Morgan fingerprint density at radius 2 is 1.02 bits per heavy atom. The number of anilines is 6. The monoisotopic (exact) mass is 770 g/mol. The smallest absolute Gasteiger partial charge is 0.264 e. The van der Waals surface area contributed by atoms with Crippen molar-refractivity contribution in [2.75, 3.05) is 9.80 Å². The van der Waals surface area contributed by atoms with Crippen molar-refractivity contribution in [2.24, 2.45) is 0 Å². The molecule has 2 aliphatic heterocycles. The third kappa shape index (κ3) is 4.27. The fourth-order valence-corrected chi connectivity index (χ4v) is 12.5. The summed E-state index contributed by atoms with van der Waals surface area (Å²) >= 11 is 1.99. The van der Waals surface area contributed by atoms with Crippen LogP contribution in [0, 0.1) is 0 Å². The molecule has 0 saturated carbocycles. The van der Waals surface area contributed by atoms with E-state index in [9.17, 15) is 0 Å². The molecular weight excluding hydrogens is 731 g/mol. The van der Waals surface area contributed by atoms with Crippen molar-refractivity contribution in [1.82, 2.24) is 0 Å². The molecule has 0 radical (unpaired) electrons. The number of fused-ring (bicyclic) bond motifs is 16. The number of nitrogens with zero attached hydrogens (tertiary/aromatic N) is 2. The van der Waals surface area contributed by atoms with Crippen molar-refractivity contribution in [3.8, 4) is 22.3 Å². The fourth-order valence-electron chi connectivity index (χ4n) is 11.2. The summed E-state index contributed by atoms with van der Waals surface area (Å²) in [6.07, 6.45) is 0. The number of thiophene rings is 1. The molecule has 4 heteroatoms. The van der Waals surface area contributed by atoms with Crippen LogP contribution < -0.4 is 25.5 Å². The summed E-state index contributed by atoms with van der Waals surface area (Å²) < 4.78 is 2.73. The molecular formula is C55H39BN2S. The van der Waals surface area contributed by atoms with Crippen molar-refractivity contribution in [1.29, 1.82) is 0 Å². The van der Waals surface area contributed by atoms with Gasteiger partial charge in [-0.25, -0.2) is 0 Å². The first kappa shape index (κ1) is 33.4. The minimum atomic E-state index is -0.408. The second-order valence-electron chi connectivity index (χ2n) is 17.6. The summed E-state index contributed by atoms with van der Waals surface area (Å²) in [5.41, 5.74) is 22.0. The molecule has 1 aromatic heterocycles. The molecule has 0 bridgehead atoms. The van der Waals surface area contributed by atoms with E-state index in [0.717, 1.165) is 0 Å². The van der Waals surface area contributed by atoms with Gasteiger partial charge in [-0.3, -0.25) is 0 Å². The maximum absolute atomic E-state index is 2.61. The zero-order chi connectivity index (χ0) is 39.2. The topological polar surface area (TPSA) is 6.48 Å². The lowest BCUT2D eigenvalue weighted by atomic mass is 9.36. The molecule has 0 amide bonds. The Labute approximate surface area is 349 Å². The van der Waals surface area contributed by atoms with Crippen molar-refractivity contribution in [3.63, 3.8) is 0 Å². The molecule has 3 heterocycles. The summed E-state index contributed by atoms with van der Waals surface area (Å²) in [5, 5.41) is 1.32. The number of hydrogen-bond acceptors (Lipinski definition) is 3. The predicted octanol–water partition coefficient (Wildman–Crippen LogP) is 12.6. The highest BCUT2D eigenvalue weighted by Gasteiger charge is 2.52. The van der Waals surface area contributed by atoms with Gasteiger partial charge in [-0.1, -0.05) is 148 Å². The Kier molecular flexibility index (Phi) is 6.64. The van der Waals surface area contributed by atoms with Gasteiger partial charge >= 0.3 is 0 Å². The van der Waals surface area contributed by atoms with Crippen LogP contribution in [0.1, 0.15) is 48.6 Å². The van der Waals surface area contributed by atoms with Gasteiger partial charge in [0.25, 0.3) is 6.71 Å². The Morgan fingerprint density at radius 1 is 0.475 bits per heavy atom. The molecule has 9 aromatic rings. The molecule has 2 nitrogen and oxygen atoms in total. The van der Waals surface area contributed by atoms with Gasteiger partial charge in [0.05, 0.1) is 11.1 Å². The summed E-state index contributed by atoms with van der Waals surface area (Å²) in [5.74, 6) is 0. The Balaban J connectivity index is 1.14. The highest BCUT2D eigenvalue weighted by atomic mass is 32.1. The van der Waals surface area contributed by atoms with Crippen LogP contribution >= 0.6 is 11.3 Å². The molecule has 0 saturated heterocycles. The minimum absolute atomic E-state index is 0.0509. The van der Waals surface area contributed by atoms with Crippen LogP contribution in [0.3, 0.4) is 0 Å². The van der Waals surface area contributed by atoms with Crippen molar-refractivity contribution in [2.45, 2.75) is 31.6 Å². The van der Waals surface area contributed by atoms with Crippen LogP contribution in [0.5, 0.6) is 0 Å². The third-order valence-electron chi connectivity index (χ3n) is 13.6. The van der Waals surface area contributed by atoms with Gasteiger partial charge < -0.3 is 9.80 Å². The number of rotatable bonds is 2. The van der Waals surface area contributed by atoms with Gasteiger partial charge in [0, 0.05) is 43.3 Å². The maximum Gasteiger partial charge on any atom is 0.264 e. The van der Waals surface area contributed by atoms with E-state index in [1.165, 1.54) is 110 Å². The maximum atomic E-state index is 2.61. The lowest BCUT2D eigenvalue weighted by Gasteiger charge is -2.43. The van der Waals surface area contributed by atoms with E-state index in [0.29, 0.717) is 0 Å². The number of hydrogen-bond donors (Lipinski definition) is 0. The fraction of sp³-hybridized carbons (Fsp3) is 0.0909. The lowest BCUT2D eigenvalue weighted by Crippen LogP contribution is -2.60. The van der Waals surface area contributed by atoms with Crippen LogP contribution in [0.2, 0.25) is 0 Å². The summed E-state index contributed by atoms with van der Waals surface area (Å²) in [4.78, 5) is 5.08. The summed E-state index contributed by atoms with van der Waals surface area (Å²) in [6.45, 7) is 6.98. The molecule has 0 atom stereocenters. The molecule has 4 aliphatic rings. The first-order valence-corrected chi connectivity index (χ1v) is 21.6. The number of para-hydroxylation sites is 2. The lowest BCUT2D eigenvalue weighted by molar-refractivity contribution is 0.590. The van der Waals surface area contributed by atoms with Crippen LogP contribution in [-0.2, 0) is 10.8 Å². The van der Waals surface area contributed by atoms with Crippen LogP contribution in [0.15, 0.2) is 182 Å². The molecule has 2 aliphatic carbocycles. The minimum Gasteiger partial charge on any atom is -0.311 e. The Hall–Kier alpha value is -6.62. The van der Waals surface area contributed by atoms with E-state index >= 15 is 0 Å². The Morgan fingerprint density at radius 3 is 1.68 bits per heavy atom. The largest absolute Gasteiger partial charge is 0.311 e. The van der Waals surface area contributed by atoms with Crippen molar-refractivity contribution >= 4 is 78.0 Å². The van der Waals surface area contributed by atoms with E-state index in [1.807, 2.05) is 11.3 Å². The molecule has 8 aromatic carbocycles. The second-order valence-corrected chi connectivity index (χ2v) is 18.7. The van der Waals surface area contributed by atoms with Gasteiger partial charge in [-0.15, -0.1) is 11.3 Å². The van der Waals surface area contributed by atoms with E-state index in [2.05, 4.69) is 213 Å². The third-order valence-corrected chi connectivity index (χ3v) is 14.8. The normalized spacial score (nSPS) is 14.7. The zero-order valence-electron chi connectivity index (χ0n) is 33.2. The van der Waals surface area contributed by atoms with Crippen LogP contribution in [-0.4, -0.2) is 6.71 Å². The summed E-state index contributed by atoms with van der Waals surface area (Å²) in [6, 6.07) is 68.9. The summed E-state index contributed by atoms with van der Waals surface area (Å²) in [7, 11) is 0. The van der Waals surface area contributed by atoms with E-state index < -0.39 is 5.41 Å². The van der Waals surface area contributed by atoms with Crippen LogP contribution in [0.4, 0.5) is 34.1 Å². The second kappa shape index (κ2) is 11.7. The first-order valence-electron chi connectivity index (χ1n) is 20.8. The quantitative estimate of drug-likeness (QED) is 0.162. The van der Waals surface area contributed by atoms with Gasteiger partial charge in [0.15, 0.2) is 0 Å². The Bertz CT molecular complexity index is 3180. The van der Waals surface area contributed by atoms with Crippen LogP contribution in [0.25, 0.3) is 32.3 Å². The molecule has 278 valence electrons. The van der Waals surface area contributed by atoms with E-state index in [1.54, 1.807) is 0 Å². The van der Waals surface area contributed by atoms with Crippen molar-refractivity contribution < 1.29 is 0 Å². The van der Waals surface area contributed by atoms with Gasteiger partial charge in [0.1, 0.15) is 0 Å². The predicted molar refractivity (Wildman–Crippen MR) is 251 cm³/mol. The molecule has 59 heavy (non-hydrogen) atoms. The average Bonchev–Trinajstić information content (AvgIpc) is 3.89. The average molecular weight is 771 g/mol. The highest BCUT2D eigenvalue weighted by molar-refractivity contribution is 7.33. The van der Waals surface area contributed by atoms with E-state index in [-0.39, 0.29) is 12.1 Å². The molecule has 1 spiro atoms. The van der Waals surface area contributed by atoms with Gasteiger partial charge in [-0.05, 0) is 121 Å². The molecule has 0 fully saturated rings. The van der Waals surface area contributed by atoms with E-state index in [4.69, 9.17) is 0 Å². The zero-order valence-corrected chi connectivity index (χ0v) is 34.0. The van der Waals surface area contributed by atoms with Crippen molar-refractivity contribution in [3.05, 3.63) is 210 Å². The standard InChI is InChI=1S/C55H39BN2S/c1-54(2,3)34-28-30-36(31-29-34)58-49-27-15-26-48-51(49)56(46-24-13-14-25-47(46)57(48)35-16-5-4-6-17-35)53-52(58)41-32-45-40(33-50(41)59-53)39-20-9-12-23-44(39)55(45)42-21-10-7-18-37(42)38-19-8-11-22-43(38)55/h4-33H,1-3H3. The first-order chi connectivity index (χ1) is 28.9. The molecule has 0 N–H and O–H groups in total. The highest BCUT2D eigenvalue weighted by Crippen LogP contribution is 2.64.